The van der Waals surface area contributed by atoms with Crippen LogP contribution in [0.25, 0.3) is 10.8 Å². The Morgan fingerprint density at radius 2 is 1.73 bits per heavy atom. The number of nitrogens with one attached hydrogen (secondary N) is 2. The third-order valence-electron chi connectivity index (χ3n) is 3.77. The first-order valence-electron chi connectivity index (χ1n) is 7.84. The molecule has 2 rings (SSSR count). The molecule has 8 nitrogen and oxygen atoms in total. The van der Waals surface area contributed by atoms with Crippen molar-refractivity contribution in [3.8, 4) is 0 Å². The standard InChI is InChI=1S/C17H21N3O5S/c1-11(17(23)18-10-16(21)22)19-26(24,25)15-9-5-6-12-13(15)7-4-8-14(12)20(2)3/h4-9,11,19H,10H2,1-3H3,(H,18,23)(H,21,22)/t11-/m1/s1. The summed E-state index contributed by atoms with van der Waals surface area (Å²) in [5.74, 6) is -1.93. The molecule has 1 atom stereocenters. The molecule has 26 heavy (non-hydrogen) atoms. The van der Waals surface area contributed by atoms with E-state index in [1.54, 1.807) is 18.2 Å². The Labute approximate surface area is 151 Å². The van der Waals surface area contributed by atoms with Crippen molar-refractivity contribution in [3.63, 3.8) is 0 Å². The third-order valence-corrected chi connectivity index (χ3v) is 5.37. The SMILES string of the molecule is C[C@@H](NS(=O)(=O)c1cccc2c(N(C)C)cccc12)C(=O)NCC(=O)O. The number of hydrogen-bond donors (Lipinski definition) is 3. The molecule has 0 fully saturated rings. The van der Waals surface area contributed by atoms with Gasteiger partial charge in [-0.05, 0) is 19.1 Å². The number of hydrogen-bond acceptors (Lipinski definition) is 5. The molecule has 0 aromatic heterocycles. The van der Waals surface area contributed by atoms with Crippen molar-refractivity contribution < 1.29 is 23.1 Å². The summed E-state index contributed by atoms with van der Waals surface area (Å²) in [4.78, 5) is 24.3. The maximum Gasteiger partial charge on any atom is 0.322 e. The predicted octanol–water partition coefficient (Wildman–Crippen LogP) is 0.773. The zero-order valence-electron chi connectivity index (χ0n) is 14.7. The molecule has 9 heteroatoms. The van der Waals surface area contributed by atoms with E-state index in [2.05, 4.69) is 10.0 Å². The van der Waals surface area contributed by atoms with Crippen LogP contribution in [0.5, 0.6) is 0 Å². The third kappa shape index (κ3) is 4.30. The number of rotatable bonds is 7. The van der Waals surface area contributed by atoms with Crippen LogP contribution >= 0.6 is 0 Å². The molecule has 3 N–H and O–H groups in total. The van der Waals surface area contributed by atoms with Crippen molar-refractivity contribution in [2.45, 2.75) is 17.9 Å². The Balaban J connectivity index is 2.36. The fraction of sp³-hybridized carbons (Fsp3) is 0.294. The van der Waals surface area contributed by atoms with Gasteiger partial charge >= 0.3 is 5.97 Å². The van der Waals surface area contributed by atoms with Crippen molar-refractivity contribution in [2.75, 3.05) is 25.5 Å². The molecule has 0 heterocycles. The van der Waals surface area contributed by atoms with Crippen molar-refractivity contribution in [1.82, 2.24) is 10.0 Å². The van der Waals surface area contributed by atoms with E-state index in [4.69, 9.17) is 5.11 Å². The first-order chi connectivity index (χ1) is 12.1. The zero-order valence-corrected chi connectivity index (χ0v) is 15.5. The van der Waals surface area contributed by atoms with Crippen LogP contribution in [0.4, 0.5) is 5.69 Å². The smallest absolute Gasteiger partial charge is 0.322 e. The molecule has 0 bridgehead atoms. The molecule has 0 radical (unpaired) electrons. The number of carbonyl (C=O) groups excluding carboxylic acids is 1. The van der Waals surface area contributed by atoms with Gasteiger partial charge in [0.2, 0.25) is 15.9 Å². The van der Waals surface area contributed by atoms with Crippen molar-refractivity contribution in [2.24, 2.45) is 0 Å². The molecule has 0 aliphatic rings. The van der Waals surface area contributed by atoms with Crippen LogP contribution in [0.2, 0.25) is 0 Å². The number of carboxylic acid groups (broad SMARTS) is 1. The van der Waals surface area contributed by atoms with Crippen molar-refractivity contribution in [3.05, 3.63) is 36.4 Å². The lowest BCUT2D eigenvalue weighted by atomic mass is 10.1. The molecule has 0 saturated carbocycles. The summed E-state index contributed by atoms with van der Waals surface area (Å²) in [5.41, 5.74) is 0.867. The fourth-order valence-electron chi connectivity index (χ4n) is 2.55. The molecular weight excluding hydrogens is 358 g/mol. The van der Waals surface area contributed by atoms with Gasteiger partial charge in [-0.15, -0.1) is 0 Å². The quantitative estimate of drug-likeness (QED) is 0.655. The van der Waals surface area contributed by atoms with Gasteiger partial charge in [0.05, 0.1) is 10.9 Å². The first kappa shape index (κ1) is 19.7. The van der Waals surface area contributed by atoms with E-state index in [1.807, 2.05) is 31.1 Å². The fourth-order valence-corrected chi connectivity index (χ4v) is 3.98. The topological polar surface area (TPSA) is 116 Å². The van der Waals surface area contributed by atoms with Crippen LogP contribution in [-0.4, -0.2) is 52.1 Å². The van der Waals surface area contributed by atoms with Crippen LogP contribution in [-0.2, 0) is 19.6 Å². The van der Waals surface area contributed by atoms with Gasteiger partial charge in [-0.3, -0.25) is 9.59 Å². The highest BCUT2D eigenvalue weighted by atomic mass is 32.2. The number of amides is 1. The molecule has 2 aromatic rings. The summed E-state index contributed by atoms with van der Waals surface area (Å²) in [6.07, 6.45) is 0. The van der Waals surface area contributed by atoms with Gasteiger partial charge in [-0.1, -0.05) is 24.3 Å². The number of carbonyl (C=O) groups is 2. The normalized spacial score (nSPS) is 12.6. The summed E-state index contributed by atoms with van der Waals surface area (Å²) in [5, 5.41) is 12.0. The molecule has 0 unspecified atom stereocenters. The highest BCUT2D eigenvalue weighted by Crippen LogP contribution is 2.30. The summed E-state index contributed by atoms with van der Waals surface area (Å²) < 4.78 is 27.8. The summed E-state index contributed by atoms with van der Waals surface area (Å²) in [6.45, 7) is 0.774. The van der Waals surface area contributed by atoms with E-state index in [9.17, 15) is 18.0 Å². The van der Waals surface area contributed by atoms with Crippen LogP contribution in [0.1, 0.15) is 6.92 Å². The number of carboxylic acids is 1. The molecule has 2 aromatic carbocycles. The van der Waals surface area contributed by atoms with Crippen LogP contribution in [0, 0.1) is 0 Å². The van der Waals surface area contributed by atoms with Crippen LogP contribution in [0.15, 0.2) is 41.3 Å². The molecule has 0 saturated heterocycles. The second-order valence-corrected chi connectivity index (χ2v) is 7.66. The minimum atomic E-state index is -3.99. The lowest BCUT2D eigenvalue weighted by Gasteiger charge is -2.18. The maximum atomic E-state index is 12.8. The highest BCUT2D eigenvalue weighted by molar-refractivity contribution is 7.89. The molecule has 140 valence electrons. The molecule has 0 spiro atoms. The Morgan fingerprint density at radius 1 is 1.12 bits per heavy atom. The Kier molecular flexibility index (Phi) is 5.83. The number of sulfonamides is 1. The number of fused-ring (bicyclic) bond motifs is 1. The number of anilines is 1. The van der Waals surface area contributed by atoms with E-state index >= 15 is 0 Å². The van der Waals surface area contributed by atoms with Gasteiger partial charge in [-0.25, -0.2) is 8.42 Å². The van der Waals surface area contributed by atoms with Gasteiger partial charge in [0, 0.05) is 30.6 Å². The van der Waals surface area contributed by atoms with Crippen molar-refractivity contribution >= 4 is 38.4 Å². The zero-order chi connectivity index (χ0) is 19.5. The van der Waals surface area contributed by atoms with Gasteiger partial charge in [0.1, 0.15) is 6.54 Å². The van der Waals surface area contributed by atoms with E-state index in [1.165, 1.54) is 13.0 Å². The average molecular weight is 379 g/mol. The van der Waals surface area contributed by atoms with E-state index < -0.39 is 34.5 Å². The largest absolute Gasteiger partial charge is 0.480 e. The minimum absolute atomic E-state index is 0.0524. The molecular formula is C17H21N3O5S. The molecule has 1 amide bonds. The lowest BCUT2D eigenvalue weighted by Crippen LogP contribution is -2.46. The van der Waals surface area contributed by atoms with Crippen LogP contribution in [0.3, 0.4) is 0 Å². The van der Waals surface area contributed by atoms with E-state index in [0.29, 0.717) is 5.39 Å². The molecule has 0 aliphatic carbocycles. The summed E-state index contributed by atoms with van der Waals surface area (Å²) in [7, 11) is -0.261. The minimum Gasteiger partial charge on any atom is -0.480 e. The molecule has 0 aliphatic heterocycles. The Morgan fingerprint density at radius 3 is 2.35 bits per heavy atom. The maximum absolute atomic E-state index is 12.8. The average Bonchev–Trinajstić information content (AvgIpc) is 2.57. The number of nitrogens with zero attached hydrogens (tertiary/aromatic N) is 1. The van der Waals surface area contributed by atoms with Gasteiger partial charge in [0.25, 0.3) is 0 Å². The highest BCUT2D eigenvalue weighted by Gasteiger charge is 2.24. The van der Waals surface area contributed by atoms with Gasteiger partial charge in [-0.2, -0.15) is 4.72 Å². The lowest BCUT2D eigenvalue weighted by molar-refractivity contribution is -0.138. The predicted molar refractivity (Wildman–Crippen MR) is 98.7 cm³/mol. The van der Waals surface area contributed by atoms with E-state index in [0.717, 1.165) is 11.1 Å². The number of aliphatic carboxylic acids is 1. The van der Waals surface area contributed by atoms with Crippen LogP contribution < -0.4 is 14.9 Å². The Bertz CT molecular complexity index is 941. The second kappa shape index (κ2) is 7.71. The number of benzene rings is 2. The van der Waals surface area contributed by atoms with Crippen molar-refractivity contribution in [1.29, 1.82) is 0 Å². The second-order valence-electron chi connectivity index (χ2n) is 5.98. The van der Waals surface area contributed by atoms with Gasteiger partial charge in [0.15, 0.2) is 0 Å². The summed E-state index contributed by atoms with van der Waals surface area (Å²) in [6, 6.07) is 9.16. The first-order valence-corrected chi connectivity index (χ1v) is 9.32. The monoisotopic (exact) mass is 379 g/mol. The Hall–Kier alpha value is -2.65. The summed E-state index contributed by atoms with van der Waals surface area (Å²) >= 11 is 0. The van der Waals surface area contributed by atoms with Gasteiger partial charge < -0.3 is 15.3 Å². The van der Waals surface area contributed by atoms with E-state index in [-0.39, 0.29) is 4.90 Å².